The Kier molecular flexibility index (Phi) is 5.32. The van der Waals surface area contributed by atoms with Gasteiger partial charge in [0, 0.05) is 24.6 Å². The summed E-state index contributed by atoms with van der Waals surface area (Å²) in [4.78, 5) is 19.4. The van der Waals surface area contributed by atoms with Gasteiger partial charge in [-0.05, 0) is 51.1 Å². The van der Waals surface area contributed by atoms with Gasteiger partial charge in [-0.1, -0.05) is 18.6 Å². The minimum Gasteiger partial charge on any atom is -0.448 e. The summed E-state index contributed by atoms with van der Waals surface area (Å²) in [7, 11) is 1.95. The number of aromatic nitrogens is 1. The van der Waals surface area contributed by atoms with E-state index in [1.165, 1.54) is 11.1 Å². The van der Waals surface area contributed by atoms with Crippen molar-refractivity contribution in [3.8, 4) is 11.5 Å². The van der Waals surface area contributed by atoms with E-state index in [-0.39, 0.29) is 18.5 Å². The lowest BCUT2D eigenvalue weighted by Gasteiger charge is -2.31. The third-order valence-electron chi connectivity index (χ3n) is 6.16. The molecule has 2 heterocycles. The number of benzene rings is 2. The van der Waals surface area contributed by atoms with Crippen LogP contribution in [0.15, 0.2) is 42.5 Å². The molecule has 1 aliphatic heterocycles. The molecule has 162 valence electrons. The third-order valence-corrected chi connectivity index (χ3v) is 7.36. The largest absolute Gasteiger partial charge is 0.448 e. The Hall–Kier alpha value is -2.64. The van der Waals surface area contributed by atoms with Gasteiger partial charge in [0.05, 0.1) is 22.8 Å². The highest BCUT2D eigenvalue weighted by Gasteiger charge is 2.42. The van der Waals surface area contributed by atoms with E-state index in [1.807, 2.05) is 48.3 Å². The summed E-state index contributed by atoms with van der Waals surface area (Å²) in [5.41, 5.74) is 1.73. The molecular weight excluding hydrogens is 410 g/mol. The summed E-state index contributed by atoms with van der Waals surface area (Å²) < 4.78 is 13.5. The number of rotatable bonds is 5. The van der Waals surface area contributed by atoms with Crippen LogP contribution in [0, 0.1) is 0 Å². The van der Waals surface area contributed by atoms with Crippen LogP contribution in [0.4, 0.5) is 5.69 Å². The van der Waals surface area contributed by atoms with E-state index in [0.29, 0.717) is 0 Å². The molecule has 1 fully saturated rings. The predicted octanol–water partition coefficient (Wildman–Crippen LogP) is 5.36. The monoisotopic (exact) mass is 437 g/mol. The highest BCUT2D eigenvalue weighted by Crippen LogP contribution is 2.46. The molecule has 1 atom stereocenters. The van der Waals surface area contributed by atoms with E-state index >= 15 is 0 Å². The molecule has 1 N–H and O–H groups in total. The molecule has 1 aromatic heterocycles. The number of likely N-dealkylation sites (N-methyl/N-ethyl adjacent to an activating group) is 1. The van der Waals surface area contributed by atoms with Gasteiger partial charge < -0.3 is 14.8 Å². The van der Waals surface area contributed by atoms with Crippen molar-refractivity contribution in [3.05, 3.63) is 47.5 Å². The van der Waals surface area contributed by atoms with Gasteiger partial charge in [0.1, 0.15) is 5.01 Å². The lowest BCUT2D eigenvalue weighted by atomic mass is 9.94. The summed E-state index contributed by atoms with van der Waals surface area (Å²) in [6.07, 6.45) is 5.30. The highest BCUT2D eigenvalue weighted by molar-refractivity contribution is 7.18. The molecule has 0 saturated heterocycles. The molecule has 3 aromatic rings. The van der Waals surface area contributed by atoms with Gasteiger partial charge in [-0.2, -0.15) is 0 Å². The quantitative estimate of drug-likeness (QED) is 0.582. The zero-order chi connectivity index (χ0) is 21.4. The SMILES string of the molecule is C[C@@H](c1nc2ccccc2s1)N(C)CC(=O)Nc1ccc2c(c1)OC1(CCCCC1)O2. The van der Waals surface area contributed by atoms with E-state index in [0.717, 1.165) is 53.4 Å². The predicted molar refractivity (Wildman–Crippen MR) is 123 cm³/mol. The Labute approximate surface area is 186 Å². The van der Waals surface area contributed by atoms with Crippen molar-refractivity contribution in [1.82, 2.24) is 9.88 Å². The van der Waals surface area contributed by atoms with Gasteiger partial charge in [0.15, 0.2) is 11.5 Å². The first-order valence-electron chi connectivity index (χ1n) is 10.9. The fourth-order valence-electron chi connectivity index (χ4n) is 4.29. The molecule has 1 aliphatic carbocycles. The van der Waals surface area contributed by atoms with Gasteiger partial charge in [0.2, 0.25) is 5.91 Å². The smallest absolute Gasteiger partial charge is 0.251 e. The second-order valence-electron chi connectivity index (χ2n) is 8.50. The molecule has 31 heavy (non-hydrogen) atoms. The number of fused-ring (bicyclic) bond motifs is 2. The Bertz CT molecular complexity index is 1070. The lowest BCUT2D eigenvalue weighted by Crippen LogP contribution is -2.40. The van der Waals surface area contributed by atoms with E-state index in [2.05, 4.69) is 18.3 Å². The standard InChI is InChI=1S/C24H27N3O3S/c1-16(23-26-18-8-4-5-9-21(18)31-23)27(2)15-22(28)25-17-10-11-19-20(14-17)30-24(29-19)12-6-3-7-13-24/h4-5,8-11,14,16H,3,6-7,12-13,15H2,1-2H3,(H,25,28)/t16-/m0/s1. The van der Waals surface area contributed by atoms with Crippen molar-refractivity contribution in [2.45, 2.75) is 50.9 Å². The third kappa shape index (κ3) is 4.12. The van der Waals surface area contributed by atoms with Crippen LogP contribution in [0.25, 0.3) is 10.2 Å². The number of para-hydroxylation sites is 1. The number of hydrogen-bond acceptors (Lipinski definition) is 6. The molecule has 0 bridgehead atoms. The first-order valence-corrected chi connectivity index (χ1v) is 11.7. The molecule has 5 rings (SSSR count). The second-order valence-corrected chi connectivity index (χ2v) is 9.56. The molecule has 1 amide bonds. The van der Waals surface area contributed by atoms with Crippen LogP contribution in [-0.2, 0) is 4.79 Å². The second kappa shape index (κ2) is 8.13. The number of nitrogens with zero attached hydrogens (tertiary/aromatic N) is 2. The van der Waals surface area contributed by atoms with Crippen LogP contribution in [-0.4, -0.2) is 35.2 Å². The van der Waals surface area contributed by atoms with Crippen LogP contribution in [0.2, 0.25) is 0 Å². The first kappa shape index (κ1) is 20.3. The van der Waals surface area contributed by atoms with Crippen molar-refractivity contribution in [1.29, 1.82) is 0 Å². The minimum absolute atomic E-state index is 0.0473. The van der Waals surface area contributed by atoms with E-state index in [1.54, 1.807) is 11.3 Å². The van der Waals surface area contributed by atoms with Crippen molar-refractivity contribution >= 4 is 33.1 Å². The number of amides is 1. The Morgan fingerprint density at radius 2 is 1.94 bits per heavy atom. The Morgan fingerprint density at radius 3 is 2.74 bits per heavy atom. The summed E-state index contributed by atoms with van der Waals surface area (Å²) in [6, 6.07) is 13.8. The average molecular weight is 438 g/mol. The number of carbonyl (C=O) groups is 1. The number of nitrogens with one attached hydrogen (secondary N) is 1. The van der Waals surface area contributed by atoms with Crippen molar-refractivity contribution < 1.29 is 14.3 Å². The molecule has 2 aliphatic rings. The number of thiazole rings is 1. The van der Waals surface area contributed by atoms with Crippen LogP contribution >= 0.6 is 11.3 Å². The molecular formula is C24H27N3O3S. The number of anilines is 1. The highest BCUT2D eigenvalue weighted by atomic mass is 32.1. The normalized spacial score (nSPS) is 17.9. The Morgan fingerprint density at radius 1 is 1.16 bits per heavy atom. The van der Waals surface area contributed by atoms with E-state index in [4.69, 9.17) is 14.5 Å². The molecule has 0 radical (unpaired) electrons. The number of hydrogen-bond donors (Lipinski definition) is 1. The number of carbonyl (C=O) groups excluding carboxylic acids is 1. The maximum atomic E-state index is 12.7. The van der Waals surface area contributed by atoms with Gasteiger partial charge in [0.25, 0.3) is 5.79 Å². The van der Waals surface area contributed by atoms with E-state index < -0.39 is 5.79 Å². The van der Waals surface area contributed by atoms with Gasteiger partial charge in [-0.25, -0.2) is 4.98 Å². The number of ether oxygens (including phenoxy) is 2. The van der Waals surface area contributed by atoms with Crippen LogP contribution in [0.1, 0.15) is 50.1 Å². The summed E-state index contributed by atoms with van der Waals surface area (Å²) in [5.74, 6) is 0.912. The first-order chi connectivity index (χ1) is 15.0. The van der Waals surface area contributed by atoms with Gasteiger partial charge >= 0.3 is 0 Å². The molecule has 7 heteroatoms. The summed E-state index contributed by atoms with van der Waals surface area (Å²) in [6.45, 7) is 2.35. The zero-order valence-electron chi connectivity index (χ0n) is 17.9. The topological polar surface area (TPSA) is 63.7 Å². The van der Waals surface area contributed by atoms with Crippen molar-refractivity contribution in [2.24, 2.45) is 0 Å². The Balaban J connectivity index is 1.21. The maximum Gasteiger partial charge on any atom is 0.251 e. The fourth-order valence-corrected chi connectivity index (χ4v) is 5.37. The molecule has 1 saturated carbocycles. The minimum atomic E-state index is -0.504. The van der Waals surface area contributed by atoms with Crippen molar-refractivity contribution in [2.75, 3.05) is 18.9 Å². The lowest BCUT2D eigenvalue weighted by molar-refractivity contribution is -0.117. The summed E-state index contributed by atoms with van der Waals surface area (Å²) >= 11 is 1.67. The van der Waals surface area contributed by atoms with Crippen LogP contribution < -0.4 is 14.8 Å². The van der Waals surface area contributed by atoms with Crippen LogP contribution in [0.5, 0.6) is 11.5 Å². The van der Waals surface area contributed by atoms with Gasteiger partial charge in [-0.15, -0.1) is 11.3 Å². The van der Waals surface area contributed by atoms with Crippen LogP contribution in [0.3, 0.4) is 0 Å². The average Bonchev–Trinajstić information content (AvgIpc) is 3.34. The molecule has 2 aromatic carbocycles. The fraction of sp³-hybridized carbons (Fsp3) is 0.417. The zero-order valence-corrected chi connectivity index (χ0v) is 18.7. The van der Waals surface area contributed by atoms with E-state index in [9.17, 15) is 4.79 Å². The van der Waals surface area contributed by atoms with Crippen molar-refractivity contribution in [3.63, 3.8) is 0 Å². The molecule has 6 nitrogen and oxygen atoms in total. The maximum absolute atomic E-state index is 12.7. The molecule has 1 spiro atoms. The summed E-state index contributed by atoms with van der Waals surface area (Å²) in [5, 5.41) is 4.01. The molecule has 0 unspecified atom stereocenters. The van der Waals surface area contributed by atoms with Gasteiger partial charge in [-0.3, -0.25) is 9.69 Å².